The van der Waals surface area contributed by atoms with Gasteiger partial charge in [-0.3, -0.25) is 0 Å². The first-order valence-corrected chi connectivity index (χ1v) is 11.9. The lowest BCUT2D eigenvalue weighted by molar-refractivity contribution is -0.137. The third-order valence-electron chi connectivity index (χ3n) is 6.37. The molecule has 0 spiro atoms. The monoisotopic (exact) mass is 476 g/mol. The van der Waals surface area contributed by atoms with E-state index in [1.165, 1.54) is 49.9 Å². The van der Waals surface area contributed by atoms with E-state index < -0.39 is 11.7 Å². The fourth-order valence-corrected chi connectivity index (χ4v) is 4.53. The summed E-state index contributed by atoms with van der Waals surface area (Å²) in [4.78, 5) is 17.5. The molecule has 0 bridgehead atoms. The summed E-state index contributed by atoms with van der Waals surface area (Å²) < 4.78 is 44.7. The molecule has 0 unspecified atom stereocenters. The number of piperazine rings is 1. The molecule has 4 rings (SSSR count). The van der Waals surface area contributed by atoms with E-state index in [1.807, 2.05) is 11.8 Å². The van der Waals surface area contributed by atoms with Crippen molar-refractivity contribution in [3.63, 3.8) is 0 Å². The molecule has 2 heterocycles. The summed E-state index contributed by atoms with van der Waals surface area (Å²) in [5.41, 5.74) is 0.728. The number of anilines is 3. The molecular formula is C24H31F3N6O. The number of rotatable bonds is 7. The summed E-state index contributed by atoms with van der Waals surface area (Å²) in [6.07, 6.45) is 1.87. The highest BCUT2D eigenvalue weighted by molar-refractivity contribution is 5.56. The molecule has 2 fully saturated rings. The van der Waals surface area contributed by atoms with Crippen LogP contribution in [0, 0.1) is 5.92 Å². The normalized spacial score (nSPS) is 17.5. The van der Waals surface area contributed by atoms with E-state index in [9.17, 15) is 13.2 Å². The van der Waals surface area contributed by atoms with Crippen LogP contribution >= 0.6 is 0 Å². The molecule has 1 N–H and O–H groups in total. The number of alkyl halides is 3. The van der Waals surface area contributed by atoms with Gasteiger partial charge in [0.05, 0.1) is 12.2 Å². The van der Waals surface area contributed by atoms with E-state index in [1.54, 1.807) is 0 Å². The van der Waals surface area contributed by atoms with Crippen molar-refractivity contribution in [1.82, 2.24) is 19.9 Å². The third-order valence-corrected chi connectivity index (χ3v) is 6.37. The molecule has 1 saturated heterocycles. The second-order valence-electron chi connectivity index (χ2n) is 8.68. The average molecular weight is 477 g/mol. The minimum atomic E-state index is -4.43. The standard InChI is InChI=1S/C24H31F3N6O/c1-3-34-23-30-21(28-20-11-7-10-19(16-20)24(25,26)27)29-22(31-23)33-14-12-32(13-15-33)17(2)18-8-5-4-6-9-18/h7,10-11,16,18H,2-6,8-9,12-15H2,1H3,(H,28,29,30,31). The lowest BCUT2D eigenvalue weighted by Crippen LogP contribution is -2.47. The van der Waals surface area contributed by atoms with Gasteiger partial charge in [-0.25, -0.2) is 0 Å². The van der Waals surface area contributed by atoms with Crippen LogP contribution in [0.4, 0.5) is 30.8 Å². The molecule has 10 heteroatoms. The first-order valence-electron chi connectivity index (χ1n) is 11.9. The molecule has 1 saturated carbocycles. The van der Waals surface area contributed by atoms with Crippen molar-refractivity contribution >= 4 is 17.6 Å². The van der Waals surface area contributed by atoms with Gasteiger partial charge < -0.3 is 19.9 Å². The van der Waals surface area contributed by atoms with Crippen LogP contribution in [-0.4, -0.2) is 52.6 Å². The predicted molar refractivity (Wildman–Crippen MR) is 125 cm³/mol. The van der Waals surface area contributed by atoms with Crippen LogP contribution in [0.3, 0.4) is 0 Å². The van der Waals surface area contributed by atoms with Gasteiger partial charge in [-0.05, 0) is 43.9 Å². The van der Waals surface area contributed by atoms with Gasteiger partial charge in [-0.15, -0.1) is 0 Å². The van der Waals surface area contributed by atoms with Crippen LogP contribution in [0.25, 0.3) is 0 Å². The highest BCUT2D eigenvalue weighted by Crippen LogP contribution is 2.32. The summed E-state index contributed by atoms with van der Waals surface area (Å²) in [6, 6.07) is 5.07. The van der Waals surface area contributed by atoms with Crippen LogP contribution < -0.4 is 15.0 Å². The summed E-state index contributed by atoms with van der Waals surface area (Å²) in [5, 5.41) is 2.87. The van der Waals surface area contributed by atoms with E-state index >= 15 is 0 Å². The largest absolute Gasteiger partial charge is 0.464 e. The molecule has 2 aliphatic rings. The molecular weight excluding hydrogens is 445 g/mol. The van der Waals surface area contributed by atoms with Crippen molar-refractivity contribution < 1.29 is 17.9 Å². The van der Waals surface area contributed by atoms with Gasteiger partial charge in [0, 0.05) is 37.6 Å². The maximum absolute atomic E-state index is 13.1. The molecule has 1 aliphatic carbocycles. The molecule has 184 valence electrons. The Balaban J connectivity index is 1.47. The van der Waals surface area contributed by atoms with Gasteiger partial charge in [0.25, 0.3) is 0 Å². The number of ether oxygens (including phenoxy) is 1. The topological polar surface area (TPSA) is 66.4 Å². The minimum Gasteiger partial charge on any atom is -0.464 e. The van der Waals surface area contributed by atoms with Crippen molar-refractivity contribution in [1.29, 1.82) is 0 Å². The first-order chi connectivity index (χ1) is 16.3. The van der Waals surface area contributed by atoms with Gasteiger partial charge in [0.15, 0.2) is 0 Å². The van der Waals surface area contributed by atoms with Crippen LogP contribution in [0.1, 0.15) is 44.6 Å². The number of hydrogen-bond donors (Lipinski definition) is 1. The highest BCUT2D eigenvalue weighted by atomic mass is 19.4. The zero-order valence-corrected chi connectivity index (χ0v) is 19.4. The molecule has 0 atom stereocenters. The van der Waals surface area contributed by atoms with Crippen molar-refractivity contribution in [2.24, 2.45) is 5.92 Å². The Morgan fingerprint density at radius 1 is 1.09 bits per heavy atom. The number of nitrogens with one attached hydrogen (secondary N) is 1. The van der Waals surface area contributed by atoms with Crippen molar-refractivity contribution in [2.45, 2.75) is 45.2 Å². The predicted octanol–water partition coefficient (Wildman–Crippen LogP) is 5.25. The maximum Gasteiger partial charge on any atom is 0.416 e. The van der Waals surface area contributed by atoms with Crippen LogP contribution in [0.15, 0.2) is 36.5 Å². The molecule has 1 aromatic heterocycles. The Bertz CT molecular complexity index is 985. The second-order valence-corrected chi connectivity index (χ2v) is 8.68. The van der Waals surface area contributed by atoms with Gasteiger partial charge in [-0.2, -0.15) is 28.1 Å². The third kappa shape index (κ3) is 5.90. The molecule has 7 nitrogen and oxygen atoms in total. The van der Waals surface area contributed by atoms with Crippen LogP contribution in [0.2, 0.25) is 0 Å². The number of benzene rings is 1. The molecule has 1 aromatic carbocycles. The van der Waals surface area contributed by atoms with E-state index in [0.717, 1.165) is 25.2 Å². The van der Waals surface area contributed by atoms with Crippen LogP contribution in [0.5, 0.6) is 6.01 Å². The van der Waals surface area contributed by atoms with Crippen LogP contribution in [-0.2, 0) is 6.18 Å². The number of allylic oxidation sites excluding steroid dienone is 1. The zero-order chi connectivity index (χ0) is 24.1. The molecule has 34 heavy (non-hydrogen) atoms. The Morgan fingerprint density at radius 3 is 2.50 bits per heavy atom. The highest BCUT2D eigenvalue weighted by Gasteiger charge is 2.30. The Morgan fingerprint density at radius 2 is 1.82 bits per heavy atom. The van der Waals surface area contributed by atoms with E-state index in [0.29, 0.717) is 31.6 Å². The Labute approximate surface area is 198 Å². The summed E-state index contributed by atoms with van der Waals surface area (Å²) in [7, 11) is 0. The number of hydrogen-bond acceptors (Lipinski definition) is 7. The van der Waals surface area contributed by atoms with E-state index in [-0.39, 0.29) is 17.6 Å². The molecule has 0 amide bonds. The first kappa shape index (κ1) is 24.1. The smallest absolute Gasteiger partial charge is 0.416 e. The van der Waals surface area contributed by atoms with Crippen molar-refractivity contribution in [3.05, 3.63) is 42.1 Å². The van der Waals surface area contributed by atoms with E-state index in [4.69, 9.17) is 4.74 Å². The Hall–Kier alpha value is -3.04. The molecule has 2 aromatic rings. The lowest BCUT2D eigenvalue weighted by Gasteiger charge is -2.40. The van der Waals surface area contributed by atoms with Gasteiger partial charge >= 0.3 is 12.2 Å². The number of nitrogens with zero attached hydrogens (tertiary/aromatic N) is 5. The summed E-state index contributed by atoms with van der Waals surface area (Å²) in [6.45, 7) is 9.63. The fraction of sp³-hybridized carbons (Fsp3) is 0.542. The SMILES string of the molecule is C=C(C1CCCCC1)N1CCN(c2nc(Nc3cccc(C(F)(F)F)c3)nc(OCC)n2)CC1. The zero-order valence-electron chi connectivity index (χ0n) is 19.4. The minimum absolute atomic E-state index is 0.135. The fourth-order valence-electron chi connectivity index (χ4n) is 4.53. The van der Waals surface area contributed by atoms with Crippen molar-refractivity contribution in [2.75, 3.05) is 43.0 Å². The second kappa shape index (κ2) is 10.5. The van der Waals surface area contributed by atoms with Gasteiger partial charge in [0.1, 0.15) is 0 Å². The average Bonchev–Trinajstić information content (AvgIpc) is 2.84. The van der Waals surface area contributed by atoms with Gasteiger partial charge in [0.2, 0.25) is 11.9 Å². The van der Waals surface area contributed by atoms with Gasteiger partial charge in [-0.1, -0.05) is 31.9 Å². The summed E-state index contributed by atoms with van der Waals surface area (Å²) in [5.74, 6) is 1.16. The van der Waals surface area contributed by atoms with E-state index in [2.05, 4.69) is 31.7 Å². The lowest BCUT2D eigenvalue weighted by atomic mass is 9.86. The number of halogens is 3. The Kier molecular flexibility index (Phi) is 7.43. The maximum atomic E-state index is 13.1. The molecule has 1 aliphatic heterocycles. The quantitative estimate of drug-likeness (QED) is 0.586. The molecule has 0 radical (unpaired) electrons. The van der Waals surface area contributed by atoms with Crippen molar-refractivity contribution in [3.8, 4) is 6.01 Å². The summed E-state index contributed by atoms with van der Waals surface area (Å²) >= 11 is 0. The number of aromatic nitrogens is 3.